The fourth-order valence-corrected chi connectivity index (χ4v) is 5.23. The van der Waals surface area contributed by atoms with E-state index >= 15 is 0 Å². The topological polar surface area (TPSA) is 74.7 Å². The second kappa shape index (κ2) is 9.10. The van der Waals surface area contributed by atoms with E-state index in [0.717, 1.165) is 70.0 Å². The molecular weight excluding hydrogens is 408 g/mol. The van der Waals surface area contributed by atoms with Crippen molar-refractivity contribution in [3.63, 3.8) is 0 Å². The highest BCUT2D eigenvalue weighted by atomic mass is 16.5. The van der Waals surface area contributed by atoms with Crippen LogP contribution >= 0.6 is 0 Å². The summed E-state index contributed by atoms with van der Waals surface area (Å²) in [5, 5.41) is 5.80. The van der Waals surface area contributed by atoms with E-state index in [-0.39, 0.29) is 30.9 Å². The van der Waals surface area contributed by atoms with E-state index in [0.29, 0.717) is 12.4 Å². The van der Waals surface area contributed by atoms with E-state index < -0.39 is 0 Å². The van der Waals surface area contributed by atoms with Crippen LogP contribution < -0.4 is 9.80 Å². The van der Waals surface area contributed by atoms with Gasteiger partial charge in [-0.05, 0) is 50.2 Å². The molecule has 172 valence electrons. The predicted octanol–water partition coefficient (Wildman–Crippen LogP) is 2.41. The number of anilines is 2. The Morgan fingerprint density at radius 3 is 2.62 bits per heavy atom. The highest BCUT2D eigenvalue weighted by Crippen LogP contribution is 2.36. The van der Waals surface area contributed by atoms with Gasteiger partial charge >= 0.3 is 0 Å². The van der Waals surface area contributed by atoms with Crippen LogP contribution in [0.15, 0.2) is 23.3 Å². The summed E-state index contributed by atoms with van der Waals surface area (Å²) in [7, 11) is 0. The Bertz CT molecular complexity index is 903. The lowest BCUT2D eigenvalue weighted by molar-refractivity contribution is -0.139. The van der Waals surface area contributed by atoms with E-state index in [1.165, 1.54) is 16.3 Å². The van der Waals surface area contributed by atoms with Gasteiger partial charge in [-0.1, -0.05) is 13.0 Å². The molecule has 1 saturated carbocycles. The van der Waals surface area contributed by atoms with Gasteiger partial charge in [0.25, 0.3) is 5.91 Å². The van der Waals surface area contributed by atoms with Gasteiger partial charge in [0.05, 0.1) is 13.2 Å². The summed E-state index contributed by atoms with van der Waals surface area (Å²) in [5.74, 6) is 1.25. The molecule has 5 rings (SSSR count). The molecule has 2 amide bonds. The minimum absolute atomic E-state index is 0.0318. The van der Waals surface area contributed by atoms with Gasteiger partial charge in [-0.15, -0.1) is 5.10 Å². The van der Waals surface area contributed by atoms with Crippen LogP contribution in [0.2, 0.25) is 0 Å². The standard InChI is InChI=1S/C24H32N4O4/c1-17-5-7-18(8-6-17)24-25-28(23(30)16-32-24)15-22(29)27-10-9-19-20(3-2-4-21(19)27)26-11-13-31-14-12-26/h2-4,17-18H,5-16H2,1H3/t17-,18+. The van der Waals surface area contributed by atoms with Crippen molar-refractivity contribution in [2.75, 3.05) is 55.8 Å². The van der Waals surface area contributed by atoms with Gasteiger partial charge in [0.15, 0.2) is 6.61 Å². The maximum absolute atomic E-state index is 13.2. The van der Waals surface area contributed by atoms with E-state index in [2.05, 4.69) is 23.0 Å². The molecular formula is C24H32N4O4. The molecule has 0 radical (unpaired) electrons. The summed E-state index contributed by atoms with van der Waals surface area (Å²) in [6, 6.07) is 6.14. The number of nitrogens with zero attached hydrogens (tertiary/aromatic N) is 4. The molecule has 0 unspecified atom stereocenters. The van der Waals surface area contributed by atoms with Crippen molar-refractivity contribution < 1.29 is 19.1 Å². The van der Waals surface area contributed by atoms with Gasteiger partial charge in [-0.2, -0.15) is 0 Å². The highest BCUT2D eigenvalue weighted by Gasteiger charge is 2.33. The molecule has 1 aromatic carbocycles. The number of benzene rings is 1. The van der Waals surface area contributed by atoms with Gasteiger partial charge in [-0.3, -0.25) is 9.59 Å². The summed E-state index contributed by atoms with van der Waals surface area (Å²) in [5.41, 5.74) is 3.34. The van der Waals surface area contributed by atoms with Crippen LogP contribution in [0.3, 0.4) is 0 Å². The van der Waals surface area contributed by atoms with Gasteiger partial charge < -0.3 is 19.3 Å². The first-order valence-electron chi connectivity index (χ1n) is 11.9. The van der Waals surface area contributed by atoms with Crippen molar-refractivity contribution in [2.45, 2.75) is 39.0 Å². The average Bonchev–Trinajstić information content (AvgIpc) is 3.26. The van der Waals surface area contributed by atoms with E-state index in [9.17, 15) is 9.59 Å². The van der Waals surface area contributed by atoms with Crippen molar-refractivity contribution in [2.24, 2.45) is 16.9 Å². The van der Waals surface area contributed by atoms with Gasteiger partial charge in [0.2, 0.25) is 11.8 Å². The zero-order valence-corrected chi connectivity index (χ0v) is 18.8. The number of amides is 2. The number of fused-ring (bicyclic) bond motifs is 1. The Hall–Kier alpha value is -2.61. The number of hydrazone groups is 1. The fraction of sp³-hybridized carbons (Fsp3) is 0.625. The molecule has 1 saturated heterocycles. The summed E-state index contributed by atoms with van der Waals surface area (Å²) in [6.07, 6.45) is 5.17. The lowest BCUT2D eigenvalue weighted by Gasteiger charge is -2.31. The number of carbonyl (C=O) groups is 2. The molecule has 4 aliphatic rings. The van der Waals surface area contributed by atoms with Crippen LogP contribution in [-0.4, -0.2) is 68.7 Å². The van der Waals surface area contributed by atoms with Gasteiger partial charge in [0.1, 0.15) is 6.54 Å². The van der Waals surface area contributed by atoms with Crippen LogP contribution in [0.1, 0.15) is 38.2 Å². The number of ether oxygens (including phenoxy) is 2. The van der Waals surface area contributed by atoms with Gasteiger partial charge in [-0.25, -0.2) is 5.01 Å². The van der Waals surface area contributed by atoms with Crippen molar-refractivity contribution in [3.8, 4) is 0 Å². The van der Waals surface area contributed by atoms with Crippen LogP contribution in [-0.2, 0) is 25.5 Å². The smallest absolute Gasteiger partial charge is 0.281 e. The summed E-state index contributed by atoms with van der Waals surface area (Å²) in [4.78, 5) is 29.8. The van der Waals surface area contributed by atoms with E-state index in [1.807, 2.05) is 12.1 Å². The lowest BCUT2D eigenvalue weighted by Crippen LogP contribution is -2.45. The van der Waals surface area contributed by atoms with E-state index in [1.54, 1.807) is 4.90 Å². The third kappa shape index (κ3) is 4.20. The molecule has 0 N–H and O–H groups in total. The molecule has 3 heterocycles. The van der Waals surface area contributed by atoms with Crippen molar-refractivity contribution in [1.82, 2.24) is 5.01 Å². The maximum atomic E-state index is 13.2. The van der Waals surface area contributed by atoms with E-state index in [4.69, 9.17) is 9.47 Å². The average molecular weight is 441 g/mol. The number of hydrogen-bond donors (Lipinski definition) is 0. The third-order valence-electron chi connectivity index (χ3n) is 7.16. The Morgan fingerprint density at radius 2 is 1.84 bits per heavy atom. The second-order valence-corrected chi connectivity index (χ2v) is 9.30. The van der Waals surface area contributed by atoms with Crippen LogP contribution in [0, 0.1) is 11.8 Å². The normalized spacial score (nSPS) is 26.0. The summed E-state index contributed by atoms with van der Waals surface area (Å²) < 4.78 is 11.1. The Kier molecular flexibility index (Phi) is 6.04. The van der Waals surface area contributed by atoms with Crippen molar-refractivity contribution in [1.29, 1.82) is 0 Å². The lowest BCUT2D eigenvalue weighted by atomic mass is 9.83. The molecule has 1 aliphatic carbocycles. The minimum Gasteiger partial charge on any atom is -0.469 e. The highest BCUT2D eigenvalue weighted by molar-refractivity contribution is 6.00. The zero-order valence-electron chi connectivity index (χ0n) is 18.8. The van der Waals surface area contributed by atoms with Crippen LogP contribution in [0.5, 0.6) is 0 Å². The first-order valence-corrected chi connectivity index (χ1v) is 11.9. The number of morpholine rings is 1. The quantitative estimate of drug-likeness (QED) is 0.719. The summed E-state index contributed by atoms with van der Waals surface area (Å²) in [6.45, 7) is 6.01. The number of hydrogen-bond acceptors (Lipinski definition) is 6. The first kappa shape index (κ1) is 21.2. The number of carbonyl (C=O) groups excluding carboxylic acids is 2. The Morgan fingerprint density at radius 1 is 1.09 bits per heavy atom. The molecule has 3 aliphatic heterocycles. The summed E-state index contributed by atoms with van der Waals surface area (Å²) >= 11 is 0. The largest absolute Gasteiger partial charge is 0.469 e. The molecule has 1 aromatic rings. The van der Waals surface area contributed by atoms with Gasteiger partial charge in [0, 0.05) is 42.5 Å². The Balaban J connectivity index is 1.29. The first-order chi connectivity index (χ1) is 15.6. The Labute approximate surface area is 189 Å². The predicted molar refractivity (Wildman–Crippen MR) is 122 cm³/mol. The molecule has 32 heavy (non-hydrogen) atoms. The second-order valence-electron chi connectivity index (χ2n) is 9.30. The molecule has 8 nitrogen and oxygen atoms in total. The third-order valence-corrected chi connectivity index (χ3v) is 7.16. The molecule has 0 atom stereocenters. The zero-order chi connectivity index (χ0) is 22.1. The molecule has 0 bridgehead atoms. The van der Waals surface area contributed by atoms with Crippen LogP contribution in [0.25, 0.3) is 0 Å². The SMILES string of the molecule is C[C@H]1CC[C@@H](C2=NN(CC(=O)N3CCc4c(N5CCOCC5)cccc43)C(=O)CO2)CC1. The molecule has 0 spiro atoms. The van der Waals surface area contributed by atoms with Crippen LogP contribution in [0.4, 0.5) is 11.4 Å². The van der Waals surface area contributed by atoms with Crippen molar-refractivity contribution in [3.05, 3.63) is 23.8 Å². The minimum atomic E-state index is -0.257. The van der Waals surface area contributed by atoms with Crippen molar-refractivity contribution >= 4 is 29.1 Å². The maximum Gasteiger partial charge on any atom is 0.281 e. The monoisotopic (exact) mass is 440 g/mol. The fourth-order valence-electron chi connectivity index (χ4n) is 5.23. The number of rotatable bonds is 4. The molecule has 2 fully saturated rings. The molecule has 8 heteroatoms. The molecule has 0 aromatic heterocycles.